The Morgan fingerprint density at radius 2 is 1.80 bits per heavy atom. The molecule has 9 heteroatoms. The Kier molecular flexibility index (Phi) is 9.97. The summed E-state index contributed by atoms with van der Waals surface area (Å²) in [6, 6.07) is 0. The van der Waals surface area contributed by atoms with E-state index in [9.17, 15) is 24.3 Å². The van der Waals surface area contributed by atoms with Crippen molar-refractivity contribution in [3.8, 4) is 0 Å². The topological polar surface area (TPSA) is 116 Å². The number of ketones is 2. The molecule has 5 aliphatic carbocycles. The summed E-state index contributed by atoms with van der Waals surface area (Å²) in [5, 5.41) is 12.0. The van der Waals surface area contributed by atoms with E-state index in [0.717, 1.165) is 37.7 Å². The minimum absolute atomic E-state index is 0.0842. The van der Waals surface area contributed by atoms with Crippen molar-refractivity contribution in [1.82, 2.24) is 0 Å². The first-order valence-corrected chi connectivity index (χ1v) is 17.6. The Morgan fingerprint density at radius 3 is 2.51 bits per heavy atom. The molecule has 4 saturated carbocycles. The highest BCUT2D eigenvalue weighted by molar-refractivity contribution is 6.26. The van der Waals surface area contributed by atoms with Crippen LogP contribution >= 0.6 is 11.6 Å². The van der Waals surface area contributed by atoms with Crippen molar-refractivity contribution in [1.29, 1.82) is 0 Å². The van der Waals surface area contributed by atoms with Gasteiger partial charge in [-0.15, -0.1) is 11.6 Å². The summed E-state index contributed by atoms with van der Waals surface area (Å²) >= 11 is 7.59. The summed E-state index contributed by atoms with van der Waals surface area (Å²) in [6.45, 7) is 7.51. The number of allylic oxidation sites excluding steroid dienone is 4. The quantitative estimate of drug-likeness (QED) is 0.144. The lowest BCUT2D eigenvalue weighted by Crippen LogP contribution is -2.69. The van der Waals surface area contributed by atoms with E-state index in [-0.39, 0.29) is 37.1 Å². The first-order valence-electron chi connectivity index (χ1n) is 17.2. The molecule has 8 atom stereocenters. The van der Waals surface area contributed by atoms with E-state index in [0.29, 0.717) is 31.6 Å². The van der Waals surface area contributed by atoms with Crippen LogP contribution in [0.3, 0.4) is 0 Å². The van der Waals surface area contributed by atoms with Crippen LogP contribution in [-0.4, -0.2) is 58.6 Å². The highest BCUT2D eigenvalue weighted by Gasteiger charge is 2.76. The number of ether oxygens (including phenoxy) is 3. The molecule has 1 N–H and O–H groups in total. The van der Waals surface area contributed by atoms with Crippen LogP contribution < -0.4 is 0 Å². The van der Waals surface area contributed by atoms with E-state index < -0.39 is 57.8 Å². The molecule has 0 saturated heterocycles. The summed E-state index contributed by atoms with van der Waals surface area (Å²) in [4.78, 5) is 51.6. The summed E-state index contributed by atoms with van der Waals surface area (Å²) in [7, 11) is 0. The zero-order valence-electron chi connectivity index (χ0n) is 27.4. The van der Waals surface area contributed by atoms with E-state index in [1.165, 1.54) is 18.9 Å². The summed E-state index contributed by atoms with van der Waals surface area (Å²) in [6.07, 6.45) is 13.0. The molecule has 4 fully saturated rings. The predicted molar refractivity (Wildman–Crippen MR) is 169 cm³/mol. The molecule has 0 spiro atoms. The highest BCUT2D eigenvalue weighted by atomic mass is 35.5. The third-order valence-corrected chi connectivity index (χ3v) is 13.3. The molecule has 1 unspecified atom stereocenters. The molecular formula is C36H51ClO8. The van der Waals surface area contributed by atoms with Gasteiger partial charge in [0.15, 0.2) is 18.0 Å². The molecule has 250 valence electrons. The van der Waals surface area contributed by atoms with Gasteiger partial charge in [0, 0.05) is 23.2 Å². The van der Waals surface area contributed by atoms with E-state index in [1.54, 1.807) is 6.08 Å². The molecule has 5 aliphatic rings. The summed E-state index contributed by atoms with van der Waals surface area (Å²) in [5.41, 5.74) is -2.52. The van der Waals surface area contributed by atoms with Crippen molar-refractivity contribution in [2.75, 3.05) is 13.2 Å². The van der Waals surface area contributed by atoms with Gasteiger partial charge < -0.3 is 19.3 Å². The Hall–Kier alpha value is -2.19. The first-order chi connectivity index (χ1) is 21.3. The maximum Gasteiger partial charge on any atom is 0.509 e. The molecule has 0 aromatic carbocycles. The first kappa shape index (κ1) is 34.2. The van der Waals surface area contributed by atoms with Gasteiger partial charge in [0.25, 0.3) is 0 Å². The Balaban J connectivity index is 1.43. The normalized spacial score (nSPS) is 39.0. The number of hydrogen-bond donors (Lipinski definition) is 1. The lowest BCUT2D eigenvalue weighted by Gasteiger charge is -2.64. The fourth-order valence-corrected chi connectivity index (χ4v) is 10.5. The standard InChI is InChI=1S/C36H51ClO8/c1-5-6-9-18-43-32(42)45-36(30(40)22-44-31(41)15-12-24-10-7-8-11-24)23(2)19-28-27-14-13-25-20-26(38)16-17-33(25,3)35(27,37)29(39)21-34(28,36)4/h16-17,20,23-24,27-29,39H,5-15,18-19,21-22H2,1-4H3/t23-,27+,28+,29?,33+,34+,35+,36+/m1/s1. The van der Waals surface area contributed by atoms with Crippen LogP contribution in [0.15, 0.2) is 23.8 Å². The van der Waals surface area contributed by atoms with Gasteiger partial charge >= 0.3 is 12.1 Å². The maximum absolute atomic E-state index is 14.4. The Bertz CT molecular complexity index is 1240. The van der Waals surface area contributed by atoms with E-state index in [1.807, 2.05) is 26.8 Å². The van der Waals surface area contributed by atoms with Gasteiger partial charge in [-0.05, 0) is 68.4 Å². The van der Waals surface area contributed by atoms with Gasteiger partial charge in [-0.25, -0.2) is 4.79 Å². The fourth-order valence-electron chi connectivity index (χ4n) is 10.0. The van der Waals surface area contributed by atoms with Crippen LogP contribution in [-0.2, 0) is 28.6 Å². The van der Waals surface area contributed by atoms with Crippen molar-refractivity contribution < 1.29 is 38.5 Å². The number of carbonyl (C=O) groups is 4. The van der Waals surface area contributed by atoms with Crippen molar-refractivity contribution in [2.24, 2.45) is 34.5 Å². The van der Waals surface area contributed by atoms with E-state index >= 15 is 0 Å². The van der Waals surface area contributed by atoms with Crippen molar-refractivity contribution >= 4 is 35.3 Å². The van der Waals surface area contributed by atoms with Crippen LogP contribution in [0.1, 0.15) is 111 Å². The maximum atomic E-state index is 14.4. The van der Waals surface area contributed by atoms with E-state index in [4.69, 9.17) is 25.8 Å². The number of aliphatic hydroxyl groups is 1. The molecule has 0 aliphatic heterocycles. The van der Waals surface area contributed by atoms with Crippen LogP contribution in [0.4, 0.5) is 4.79 Å². The van der Waals surface area contributed by atoms with Crippen molar-refractivity contribution in [3.05, 3.63) is 23.8 Å². The zero-order valence-corrected chi connectivity index (χ0v) is 28.2. The molecule has 0 aromatic rings. The monoisotopic (exact) mass is 646 g/mol. The number of rotatable bonds is 11. The number of halogens is 1. The molecule has 0 radical (unpaired) electrons. The third-order valence-electron chi connectivity index (χ3n) is 12.4. The van der Waals surface area contributed by atoms with Crippen molar-refractivity contribution in [2.45, 2.75) is 128 Å². The van der Waals surface area contributed by atoms with E-state index in [2.05, 4.69) is 6.92 Å². The van der Waals surface area contributed by atoms with Crippen molar-refractivity contribution in [3.63, 3.8) is 0 Å². The predicted octanol–water partition coefficient (Wildman–Crippen LogP) is 7.04. The van der Waals surface area contributed by atoms with Crippen LogP contribution in [0.5, 0.6) is 0 Å². The number of fused-ring (bicyclic) bond motifs is 5. The number of esters is 1. The van der Waals surface area contributed by atoms with Gasteiger partial charge in [-0.3, -0.25) is 14.4 Å². The number of aliphatic hydroxyl groups excluding tert-OH is 1. The summed E-state index contributed by atoms with van der Waals surface area (Å²) < 4.78 is 17.2. The summed E-state index contributed by atoms with van der Waals surface area (Å²) in [5.74, 6) is -1.35. The van der Waals surface area contributed by atoms with Crippen LogP contribution in [0, 0.1) is 34.5 Å². The lowest BCUT2D eigenvalue weighted by atomic mass is 9.45. The average molecular weight is 647 g/mol. The molecular weight excluding hydrogens is 596 g/mol. The Morgan fingerprint density at radius 1 is 1.07 bits per heavy atom. The van der Waals surface area contributed by atoms with Gasteiger partial charge in [0.05, 0.1) is 17.6 Å². The number of carbonyl (C=O) groups excluding carboxylic acids is 4. The van der Waals surface area contributed by atoms with Crippen LogP contribution in [0.25, 0.3) is 0 Å². The molecule has 8 nitrogen and oxygen atoms in total. The SMILES string of the molecule is CCCCCOC(=O)O[C@]1(C(=O)COC(=O)CCC2CCCC2)[C@H](C)C[C@H]2[C@@H]3CCC4=CC(=O)C=C[C@]4(C)[C@@]3(Cl)C(O)C[C@@]21C. The van der Waals surface area contributed by atoms with Gasteiger partial charge in [0.1, 0.15) is 0 Å². The molecule has 5 rings (SSSR count). The third kappa shape index (κ3) is 5.70. The number of unbranched alkanes of at least 4 members (excludes halogenated alkanes) is 2. The average Bonchev–Trinajstić information content (AvgIpc) is 3.59. The molecule has 0 aromatic heterocycles. The fraction of sp³-hybridized carbons (Fsp3) is 0.778. The molecule has 0 amide bonds. The smallest absolute Gasteiger partial charge is 0.457 e. The second-order valence-corrected chi connectivity index (χ2v) is 15.4. The van der Waals surface area contributed by atoms with Gasteiger partial charge in [-0.2, -0.15) is 0 Å². The molecule has 0 heterocycles. The Labute approximate surface area is 272 Å². The molecule has 45 heavy (non-hydrogen) atoms. The zero-order chi connectivity index (χ0) is 32.6. The van der Waals surface area contributed by atoms with Crippen LogP contribution in [0.2, 0.25) is 0 Å². The highest BCUT2D eigenvalue weighted by Crippen LogP contribution is 2.72. The second kappa shape index (κ2) is 13.1. The molecule has 0 bridgehead atoms. The lowest BCUT2D eigenvalue weighted by molar-refractivity contribution is -0.187. The minimum Gasteiger partial charge on any atom is -0.457 e. The largest absolute Gasteiger partial charge is 0.509 e. The van der Waals surface area contributed by atoms with Gasteiger partial charge in [-0.1, -0.05) is 77.9 Å². The second-order valence-electron chi connectivity index (χ2n) is 14.8. The number of alkyl halides is 1. The van der Waals surface area contributed by atoms with Gasteiger partial charge in [0.2, 0.25) is 5.78 Å². The number of hydrogen-bond acceptors (Lipinski definition) is 8. The minimum atomic E-state index is -1.68. The number of Topliss-reactive ketones (excluding diaryl/α,β-unsaturated/α-hetero) is 1.